The zero-order valence-electron chi connectivity index (χ0n) is 14.1. The van der Waals surface area contributed by atoms with Gasteiger partial charge >= 0.3 is 0 Å². The predicted molar refractivity (Wildman–Crippen MR) is 102 cm³/mol. The molecule has 0 aliphatic carbocycles. The highest BCUT2D eigenvalue weighted by Gasteiger charge is 2.25. The van der Waals surface area contributed by atoms with E-state index in [2.05, 4.69) is 40.9 Å². The van der Waals surface area contributed by atoms with Crippen LogP contribution in [0, 0.1) is 17.8 Å². The van der Waals surface area contributed by atoms with Crippen LogP contribution < -0.4 is 5.32 Å². The van der Waals surface area contributed by atoms with Gasteiger partial charge < -0.3 is 15.1 Å². The molecule has 2 aliphatic heterocycles. The number of aliphatic imine (C=N–C) groups is 1. The summed E-state index contributed by atoms with van der Waals surface area (Å²) < 4.78 is 0. The van der Waals surface area contributed by atoms with Crippen LogP contribution >= 0.6 is 24.0 Å². The Labute approximate surface area is 147 Å². The topological polar surface area (TPSA) is 30.9 Å². The van der Waals surface area contributed by atoms with Gasteiger partial charge in [-0.05, 0) is 43.7 Å². The van der Waals surface area contributed by atoms with Gasteiger partial charge in [0.2, 0.25) is 0 Å². The number of nitrogens with zero attached hydrogens (tertiary/aromatic N) is 3. The minimum absolute atomic E-state index is 0. The molecule has 2 saturated heterocycles. The molecule has 5 heteroatoms. The van der Waals surface area contributed by atoms with E-state index in [1.807, 2.05) is 7.05 Å². The summed E-state index contributed by atoms with van der Waals surface area (Å²) in [5, 5.41) is 3.62. The van der Waals surface area contributed by atoms with E-state index < -0.39 is 0 Å². The van der Waals surface area contributed by atoms with Gasteiger partial charge in [0.25, 0.3) is 0 Å². The third-order valence-electron chi connectivity index (χ3n) is 4.75. The molecule has 2 rings (SSSR count). The average Bonchev–Trinajstić information content (AvgIpc) is 2.86. The van der Waals surface area contributed by atoms with E-state index in [9.17, 15) is 0 Å². The monoisotopic (exact) mass is 408 g/mol. The van der Waals surface area contributed by atoms with Crippen molar-refractivity contribution in [3.8, 4) is 0 Å². The highest BCUT2D eigenvalue weighted by molar-refractivity contribution is 14.0. The molecule has 21 heavy (non-hydrogen) atoms. The Morgan fingerprint density at radius 2 is 1.86 bits per heavy atom. The van der Waals surface area contributed by atoms with E-state index in [0.29, 0.717) is 0 Å². The first-order valence-corrected chi connectivity index (χ1v) is 8.30. The van der Waals surface area contributed by atoms with Crippen molar-refractivity contribution >= 4 is 29.9 Å². The van der Waals surface area contributed by atoms with Crippen LogP contribution in [0.1, 0.15) is 33.6 Å². The molecular weight excluding hydrogens is 375 g/mol. The van der Waals surface area contributed by atoms with Crippen molar-refractivity contribution in [1.29, 1.82) is 0 Å². The van der Waals surface area contributed by atoms with Crippen LogP contribution in [-0.4, -0.2) is 62.1 Å². The number of halogens is 1. The van der Waals surface area contributed by atoms with Crippen molar-refractivity contribution in [3.05, 3.63) is 0 Å². The molecule has 0 aromatic carbocycles. The maximum Gasteiger partial charge on any atom is 0.193 e. The molecule has 3 atom stereocenters. The quantitative estimate of drug-likeness (QED) is 0.442. The fourth-order valence-corrected chi connectivity index (χ4v) is 3.77. The average molecular weight is 408 g/mol. The van der Waals surface area contributed by atoms with E-state index in [-0.39, 0.29) is 24.0 Å². The molecular formula is C16H33IN4. The second kappa shape index (κ2) is 9.18. The fraction of sp³-hybridized carbons (Fsp3) is 0.938. The number of likely N-dealkylation sites (tertiary alicyclic amines) is 2. The number of nitrogens with one attached hydrogen (secondary N) is 1. The summed E-state index contributed by atoms with van der Waals surface area (Å²) in [4.78, 5) is 9.49. The van der Waals surface area contributed by atoms with E-state index in [0.717, 1.165) is 43.3 Å². The molecule has 2 heterocycles. The van der Waals surface area contributed by atoms with E-state index in [4.69, 9.17) is 0 Å². The summed E-state index contributed by atoms with van der Waals surface area (Å²) in [5.74, 6) is 3.45. The highest BCUT2D eigenvalue weighted by atomic mass is 127. The molecule has 3 unspecified atom stereocenters. The molecule has 0 amide bonds. The van der Waals surface area contributed by atoms with Gasteiger partial charge in [0.05, 0.1) is 0 Å². The summed E-state index contributed by atoms with van der Waals surface area (Å²) in [6, 6.07) is 0. The highest BCUT2D eigenvalue weighted by Crippen LogP contribution is 2.21. The molecule has 2 aliphatic rings. The summed E-state index contributed by atoms with van der Waals surface area (Å²) in [5.41, 5.74) is 0. The van der Waals surface area contributed by atoms with Gasteiger partial charge in [-0.25, -0.2) is 0 Å². The number of hydrogen-bond acceptors (Lipinski definition) is 2. The Kier molecular flexibility index (Phi) is 8.31. The first kappa shape index (κ1) is 19.0. The molecule has 0 radical (unpaired) electrons. The van der Waals surface area contributed by atoms with Gasteiger partial charge in [-0.15, -0.1) is 24.0 Å². The van der Waals surface area contributed by atoms with Gasteiger partial charge in [0, 0.05) is 33.2 Å². The van der Waals surface area contributed by atoms with Crippen molar-refractivity contribution in [2.24, 2.45) is 22.7 Å². The molecule has 0 saturated carbocycles. The SMILES string of the molecule is CCN1CCC(CNC(=NC)N2CC(C)CC(C)C2)C1.I. The van der Waals surface area contributed by atoms with Gasteiger partial charge in [0.1, 0.15) is 0 Å². The molecule has 0 aromatic rings. The van der Waals surface area contributed by atoms with Crippen LogP contribution in [0.2, 0.25) is 0 Å². The van der Waals surface area contributed by atoms with E-state index in [1.165, 1.54) is 32.5 Å². The third kappa shape index (κ3) is 5.58. The first-order chi connectivity index (χ1) is 9.62. The van der Waals surface area contributed by atoms with Crippen molar-refractivity contribution in [2.75, 3.05) is 46.3 Å². The largest absolute Gasteiger partial charge is 0.356 e. The third-order valence-corrected chi connectivity index (χ3v) is 4.75. The van der Waals surface area contributed by atoms with Crippen molar-refractivity contribution in [3.63, 3.8) is 0 Å². The number of piperidine rings is 1. The number of rotatable bonds is 3. The lowest BCUT2D eigenvalue weighted by molar-refractivity contribution is 0.208. The normalized spacial score (nSPS) is 31.1. The van der Waals surface area contributed by atoms with E-state index in [1.54, 1.807) is 0 Å². The summed E-state index contributed by atoms with van der Waals surface area (Å²) in [6.45, 7) is 14.0. The fourth-order valence-electron chi connectivity index (χ4n) is 3.77. The van der Waals surface area contributed by atoms with Crippen LogP contribution in [0.15, 0.2) is 4.99 Å². The van der Waals surface area contributed by atoms with Gasteiger partial charge in [-0.3, -0.25) is 4.99 Å². The molecule has 0 spiro atoms. The van der Waals surface area contributed by atoms with E-state index >= 15 is 0 Å². The zero-order valence-corrected chi connectivity index (χ0v) is 16.5. The second-order valence-electron chi connectivity index (χ2n) is 6.83. The Bertz CT molecular complexity index is 324. The maximum atomic E-state index is 4.50. The molecule has 2 fully saturated rings. The number of guanidine groups is 1. The standard InChI is InChI=1S/C16H32N4.HI/c1-5-19-7-6-15(12-19)9-18-16(17-4)20-10-13(2)8-14(3)11-20;/h13-15H,5-12H2,1-4H3,(H,17,18);1H. The lowest BCUT2D eigenvalue weighted by Gasteiger charge is -2.37. The lowest BCUT2D eigenvalue weighted by Crippen LogP contribution is -2.49. The van der Waals surface area contributed by atoms with Gasteiger partial charge in [-0.1, -0.05) is 20.8 Å². The first-order valence-electron chi connectivity index (χ1n) is 8.30. The van der Waals surface area contributed by atoms with Crippen molar-refractivity contribution < 1.29 is 0 Å². The molecule has 4 nitrogen and oxygen atoms in total. The van der Waals surface area contributed by atoms with Crippen LogP contribution in [0.5, 0.6) is 0 Å². The predicted octanol–water partition coefficient (Wildman–Crippen LogP) is 2.50. The Morgan fingerprint density at radius 3 is 2.38 bits per heavy atom. The summed E-state index contributed by atoms with van der Waals surface area (Å²) >= 11 is 0. The molecule has 1 N–H and O–H groups in total. The van der Waals surface area contributed by atoms with Crippen molar-refractivity contribution in [2.45, 2.75) is 33.6 Å². The Hall–Kier alpha value is -0.0400. The Balaban J connectivity index is 0.00000220. The summed E-state index contributed by atoms with van der Waals surface area (Å²) in [6.07, 6.45) is 2.67. The zero-order chi connectivity index (χ0) is 14.5. The van der Waals surface area contributed by atoms with Gasteiger partial charge in [-0.2, -0.15) is 0 Å². The summed E-state index contributed by atoms with van der Waals surface area (Å²) in [7, 11) is 1.92. The smallest absolute Gasteiger partial charge is 0.193 e. The van der Waals surface area contributed by atoms with Crippen LogP contribution in [0.4, 0.5) is 0 Å². The lowest BCUT2D eigenvalue weighted by atomic mass is 9.92. The molecule has 0 aromatic heterocycles. The maximum absolute atomic E-state index is 4.50. The second-order valence-corrected chi connectivity index (χ2v) is 6.83. The van der Waals surface area contributed by atoms with Crippen LogP contribution in [0.25, 0.3) is 0 Å². The minimum Gasteiger partial charge on any atom is -0.356 e. The molecule has 0 bridgehead atoms. The minimum atomic E-state index is 0. The van der Waals surface area contributed by atoms with Crippen LogP contribution in [-0.2, 0) is 0 Å². The van der Waals surface area contributed by atoms with Crippen molar-refractivity contribution in [1.82, 2.24) is 15.1 Å². The Morgan fingerprint density at radius 1 is 1.19 bits per heavy atom. The van der Waals surface area contributed by atoms with Gasteiger partial charge in [0.15, 0.2) is 5.96 Å². The molecule has 124 valence electrons. The number of hydrogen-bond donors (Lipinski definition) is 1. The van der Waals surface area contributed by atoms with Crippen LogP contribution in [0.3, 0.4) is 0 Å².